The number of aromatic hydroxyl groups is 1. The van der Waals surface area contributed by atoms with E-state index in [1.54, 1.807) is 0 Å². The predicted molar refractivity (Wildman–Crippen MR) is 51.1 cm³/mol. The van der Waals surface area contributed by atoms with Crippen LogP contribution in [-0.2, 0) is 14.4 Å². The average Bonchev–Trinajstić information content (AvgIpc) is 2.20. The maximum atomic E-state index is 11.1. The van der Waals surface area contributed by atoms with Crippen molar-refractivity contribution in [3.05, 3.63) is 29.8 Å². The number of rotatable bonds is 4. The largest absolute Gasteiger partial charge is 0.508 e. The molecular weight excluding hydrogens is 216 g/mol. The van der Waals surface area contributed by atoms with Gasteiger partial charge in [-0.2, -0.15) is 0 Å². The number of carboxylic acid groups (broad SMARTS) is 2. The van der Waals surface area contributed by atoms with Crippen molar-refractivity contribution in [1.82, 2.24) is 0 Å². The van der Waals surface area contributed by atoms with E-state index >= 15 is 0 Å². The molecule has 84 valence electrons. The Morgan fingerprint density at radius 1 is 1.00 bits per heavy atom. The molecule has 1 aromatic rings. The lowest BCUT2D eigenvalue weighted by Gasteiger charge is -2.08. The molecule has 0 spiro atoms. The molecule has 1 rings (SSSR count). The van der Waals surface area contributed by atoms with Crippen LogP contribution < -0.4 is 0 Å². The third-order valence-corrected chi connectivity index (χ3v) is 1.95. The minimum absolute atomic E-state index is 0.0118. The van der Waals surface area contributed by atoms with Crippen molar-refractivity contribution >= 4 is 17.7 Å². The first-order valence-electron chi connectivity index (χ1n) is 4.22. The van der Waals surface area contributed by atoms with Crippen LogP contribution in [-0.4, -0.2) is 33.0 Å². The highest BCUT2D eigenvalue weighted by Crippen LogP contribution is 2.20. The molecule has 0 bridgehead atoms. The predicted octanol–water partition coefficient (Wildman–Crippen LogP) is 0.214. The highest BCUT2D eigenvalue weighted by atomic mass is 16.4. The molecule has 1 aromatic carbocycles. The number of phenols is 1. The van der Waals surface area contributed by atoms with E-state index in [9.17, 15) is 14.4 Å². The van der Waals surface area contributed by atoms with Crippen molar-refractivity contribution in [1.29, 1.82) is 0 Å². The van der Waals surface area contributed by atoms with Crippen molar-refractivity contribution in [3.63, 3.8) is 0 Å². The van der Waals surface area contributed by atoms with Crippen LogP contribution >= 0.6 is 0 Å². The number of carbonyl (C=O) groups is 3. The fourth-order valence-electron chi connectivity index (χ4n) is 1.20. The summed E-state index contributed by atoms with van der Waals surface area (Å²) in [6, 6.07) is 4.74. The van der Waals surface area contributed by atoms with Gasteiger partial charge in [0.2, 0.25) is 0 Å². The number of carbonyl (C=O) groups excluding carboxylic acids is 1. The molecule has 1 atom stereocenters. The first-order valence-corrected chi connectivity index (χ1v) is 4.22. The van der Waals surface area contributed by atoms with E-state index in [-0.39, 0.29) is 11.3 Å². The second-order valence-corrected chi connectivity index (χ2v) is 3.03. The lowest BCUT2D eigenvalue weighted by molar-refractivity contribution is -0.154. The first-order chi connectivity index (χ1) is 7.43. The molecular formula is C10H8O6. The number of Topliss-reactive ketones (excluding diaryl/α,β-unsaturated/α-hetero) is 1. The fourth-order valence-corrected chi connectivity index (χ4v) is 1.20. The Morgan fingerprint density at radius 3 is 1.88 bits per heavy atom. The zero-order valence-corrected chi connectivity index (χ0v) is 7.95. The fraction of sp³-hybridized carbons (Fsp3) is 0.100. The van der Waals surface area contributed by atoms with E-state index in [4.69, 9.17) is 15.3 Å². The molecule has 0 aliphatic rings. The zero-order chi connectivity index (χ0) is 12.3. The molecule has 0 aliphatic heterocycles. The molecule has 3 N–H and O–H groups in total. The molecule has 0 aromatic heterocycles. The molecule has 6 nitrogen and oxygen atoms in total. The van der Waals surface area contributed by atoms with Gasteiger partial charge in [-0.3, -0.25) is 9.59 Å². The molecule has 0 saturated heterocycles. The first kappa shape index (κ1) is 11.7. The summed E-state index contributed by atoms with van der Waals surface area (Å²) in [4.78, 5) is 32.3. The van der Waals surface area contributed by atoms with Gasteiger partial charge in [-0.25, -0.2) is 4.79 Å². The minimum atomic E-state index is -1.81. The molecule has 0 fully saturated rings. The van der Waals surface area contributed by atoms with Crippen LogP contribution in [0, 0.1) is 0 Å². The summed E-state index contributed by atoms with van der Waals surface area (Å²) >= 11 is 0. The average molecular weight is 224 g/mol. The molecule has 16 heavy (non-hydrogen) atoms. The van der Waals surface area contributed by atoms with Crippen LogP contribution in [0.5, 0.6) is 5.75 Å². The summed E-state index contributed by atoms with van der Waals surface area (Å²) in [6.45, 7) is 0. The van der Waals surface area contributed by atoms with Crippen molar-refractivity contribution < 1.29 is 29.7 Å². The third-order valence-electron chi connectivity index (χ3n) is 1.95. The van der Waals surface area contributed by atoms with Crippen molar-refractivity contribution in [2.45, 2.75) is 5.92 Å². The molecule has 0 heterocycles. The monoisotopic (exact) mass is 224 g/mol. The lowest BCUT2D eigenvalue weighted by Crippen LogP contribution is -2.27. The number of hydrogen-bond donors (Lipinski definition) is 3. The van der Waals surface area contributed by atoms with Gasteiger partial charge in [0.15, 0.2) is 5.92 Å². The lowest BCUT2D eigenvalue weighted by atomic mass is 9.95. The van der Waals surface area contributed by atoms with Gasteiger partial charge in [-0.05, 0) is 17.7 Å². The Hall–Kier alpha value is -2.37. The van der Waals surface area contributed by atoms with E-state index in [0.717, 1.165) is 0 Å². The maximum Gasteiger partial charge on any atom is 0.373 e. The zero-order valence-electron chi connectivity index (χ0n) is 7.95. The summed E-state index contributed by atoms with van der Waals surface area (Å²) in [5.41, 5.74) is 0.0118. The van der Waals surface area contributed by atoms with E-state index in [2.05, 4.69) is 0 Å². The number of hydrogen-bond acceptors (Lipinski definition) is 4. The molecule has 0 saturated carbocycles. The van der Waals surface area contributed by atoms with Gasteiger partial charge in [0.05, 0.1) is 0 Å². The van der Waals surface area contributed by atoms with Gasteiger partial charge in [-0.1, -0.05) is 12.1 Å². The smallest absolute Gasteiger partial charge is 0.373 e. The summed E-state index contributed by atoms with van der Waals surface area (Å²) in [7, 11) is 0. The molecule has 0 aliphatic carbocycles. The van der Waals surface area contributed by atoms with E-state index in [1.165, 1.54) is 24.3 Å². The summed E-state index contributed by atoms with van der Waals surface area (Å²) < 4.78 is 0. The van der Waals surface area contributed by atoms with Crippen LogP contribution in [0.25, 0.3) is 0 Å². The highest BCUT2D eigenvalue weighted by Gasteiger charge is 2.32. The Labute approximate surface area is 89.8 Å². The number of ketones is 1. The van der Waals surface area contributed by atoms with Gasteiger partial charge in [0.25, 0.3) is 5.78 Å². The Bertz CT molecular complexity index is 433. The SMILES string of the molecule is O=C(O)C(=O)C(C(=O)O)c1ccc(O)cc1. The Morgan fingerprint density at radius 2 is 1.50 bits per heavy atom. The van der Waals surface area contributed by atoms with E-state index in [1.807, 2.05) is 0 Å². The highest BCUT2D eigenvalue weighted by molar-refractivity contribution is 6.39. The second-order valence-electron chi connectivity index (χ2n) is 3.03. The molecule has 0 radical (unpaired) electrons. The Kier molecular flexibility index (Phi) is 3.24. The summed E-state index contributed by atoms with van der Waals surface area (Å²) in [5.74, 6) is -6.62. The van der Waals surface area contributed by atoms with Crippen LogP contribution in [0.4, 0.5) is 0 Å². The quantitative estimate of drug-likeness (QED) is 0.498. The van der Waals surface area contributed by atoms with Gasteiger partial charge in [0, 0.05) is 0 Å². The van der Waals surface area contributed by atoms with E-state index in [0.29, 0.717) is 0 Å². The van der Waals surface area contributed by atoms with Gasteiger partial charge in [0.1, 0.15) is 5.75 Å². The molecule has 0 amide bonds. The number of phenolic OH excluding ortho intramolecular Hbond substituents is 1. The standard InChI is InChI=1S/C10H8O6/c11-6-3-1-5(2-4-6)7(9(13)14)8(12)10(15)16/h1-4,7,11H,(H,13,14)(H,15,16). The summed E-state index contributed by atoms with van der Waals surface area (Å²) in [5, 5.41) is 26.2. The van der Waals surface area contributed by atoms with Crippen molar-refractivity contribution in [2.24, 2.45) is 0 Å². The van der Waals surface area contributed by atoms with Crippen molar-refractivity contribution in [2.75, 3.05) is 0 Å². The third kappa shape index (κ3) is 2.35. The van der Waals surface area contributed by atoms with Gasteiger partial charge in [-0.15, -0.1) is 0 Å². The number of benzene rings is 1. The summed E-state index contributed by atoms with van der Waals surface area (Å²) in [6.07, 6.45) is 0. The molecule has 6 heteroatoms. The number of aliphatic carboxylic acids is 2. The van der Waals surface area contributed by atoms with Gasteiger partial charge >= 0.3 is 11.9 Å². The van der Waals surface area contributed by atoms with Crippen LogP contribution in [0.3, 0.4) is 0 Å². The topological polar surface area (TPSA) is 112 Å². The van der Waals surface area contributed by atoms with Crippen LogP contribution in [0.15, 0.2) is 24.3 Å². The normalized spacial score (nSPS) is 11.8. The number of carboxylic acids is 2. The second kappa shape index (κ2) is 4.43. The van der Waals surface area contributed by atoms with E-state index < -0.39 is 23.6 Å². The Balaban J connectivity index is 3.13. The van der Waals surface area contributed by atoms with Crippen molar-refractivity contribution in [3.8, 4) is 5.75 Å². The van der Waals surface area contributed by atoms with Gasteiger partial charge < -0.3 is 15.3 Å². The maximum absolute atomic E-state index is 11.1. The molecule has 1 unspecified atom stereocenters. The minimum Gasteiger partial charge on any atom is -0.508 e. The van der Waals surface area contributed by atoms with Crippen LogP contribution in [0.1, 0.15) is 11.5 Å². The van der Waals surface area contributed by atoms with Crippen LogP contribution in [0.2, 0.25) is 0 Å².